The van der Waals surface area contributed by atoms with E-state index in [0.29, 0.717) is 11.7 Å². The zero-order valence-electron chi connectivity index (χ0n) is 7.81. The van der Waals surface area contributed by atoms with E-state index < -0.39 is 0 Å². The third kappa shape index (κ3) is 6.05. The van der Waals surface area contributed by atoms with E-state index in [1.807, 2.05) is 7.05 Å². The van der Waals surface area contributed by atoms with E-state index in [2.05, 4.69) is 12.2 Å². The smallest absolute Gasteiger partial charge is 0.130 e. The van der Waals surface area contributed by atoms with E-state index in [1.165, 1.54) is 6.42 Å². The van der Waals surface area contributed by atoms with Crippen LogP contribution >= 0.6 is 0 Å². The number of hydrogen-bond donors (Lipinski definition) is 1. The number of carbonyl (C=O) groups is 1. The fourth-order valence-electron chi connectivity index (χ4n) is 1.38. The lowest BCUT2D eigenvalue weighted by Crippen LogP contribution is -2.20. The van der Waals surface area contributed by atoms with Gasteiger partial charge in [0.1, 0.15) is 5.78 Å². The van der Waals surface area contributed by atoms with Gasteiger partial charge in [-0.2, -0.15) is 0 Å². The van der Waals surface area contributed by atoms with Gasteiger partial charge in [0, 0.05) is 6.42 Å². The molecule has 2 heteroatoms. The Labute approximate surface area is 69.4 Å². The minimum Gasteiger partial charge on any atom is -0.319 e. The molecule has 0 bridgehead atoms. The molecule has 0 aliphatic rings. The van der Waals surface area contributed by atoms with Crippen molar-refractivity contribution in [1.29, 1.82) is 0 Å². The maximum absolute atomic E-state index is 10.8. The molecule has 0 aromatic heterocycles. The molecule has 0 aliphatic heterocycles. The van der Waals surface area contributed by atoms with Crippen molar-refractivity contribution in [3.05, 3.63) is 0 Å². The zero-order valence-corrected chi connectivity index (χ0v) is 7.81. The molecule has 0 amide bonds. The molecule has 0 rings (SSSR count). The van der Waals surface area contributed by atoms with Crippen molar-refractivity contribution < 1.29 is 4.79 Å². The summed E-state index contributed by atoms with van der Waals surface area (Å²) in [5, 5.41) is 3.11. The van der Waals surface area contributed by atoms with E-state index in [1.54, 1.807) is 6.92 Å². The summed E-state index contributed by atoms with van der Waals surface area (Å²) in [6.07, 6.45) is 3.05. The number of carbonyl (C=O) groups excluding carboxylic acids is 1. The standard InChI is InChI=1S/C9H19NO/c1-4-5-9(7-10-3)6-8(2)11/h9-10H,4-7H2,1-3H3. The molecule has 11 heavy (non-hydrogen) atoms. The first kappa shape index (κ1) is 10.6. The van der Waals surface area contributed by atoms with Gasteiger partial charge in [-0.15, -0.1) is 0 Å². The second-order valence-corrected chi connectivity index (χ2v) is 3.12. The highest BCUT2D eigenvalue weighted by Gasteiger charge is 2.08. The number of ketones is 1. The van der Waals surface area contributed by atoms with Crippen molar-refractivity contribution in [3.8, 4) is 0 Å². The lowest BCUT2D eigenvalue weighted by atomic mass is 9.98. The summed E-state index contributed by atoms with van der Waals surface area (Å²) in [4.78, 5) is 10.8. The number of Topliss-reactive ketones (excluding diaryl/α,β-unsaturated/α-hetero) is 1. The van der Waals surface area contributed by atoms with Crippen LogP contribution in [0.25, 0.3) is 0 Å². The van der Waals surface area contributed by atoms with Crippen LogP contribution in [0.5, 0.6) is 0 Å². The summed E-state index contributed by atoms with van der Waals surface area (Å²) in [6, 6.07) is 0. The lowest BCUT2D eigenvalue weighted by molar-refractivity contribution is -0.117. The molecule has 0 aromatic rings. The Hall–Kier alpha value is -0.370. The second kappa shape index (κ2) is 6.35. The van der Waals surface area contributed by atoms with Gasteiger partial charge < -0.3 is 10.1 Å². The van der Waals surface area contributed by atoms with Crippen LogP contribution in [0.3, 0.4) is 0 Å². The Morgan fingerprint density at radius 3 is 2.55 bits per heavy atom. The van der Waals surface area contributed by atoms with Gasteiger partial charge in [-0.1, -0.05) is 13.3 Å². The topological polar surface area (TPSA) is 29.1 Å². The molecular weight excluding hydrogens is 138 g/mol. The van der Waals surface area contributed by atoms with Gasteiger partial charge in [-0.05, 0) is 32.9 Å². The van der Waals surface area contributed by atoms with Gasteiger partial charge in [0.2, 0.25) is 0 Å². The van der Waals surface area contributed by atoms with Crippen LogP contribution < -0.4 is 5.32 Å². The van der Waals surface area contributed by atoms with E-state index in [0.717, 1.165) is 19.4 Å². The van der Waals surface area contributed by atoms with Gasteiger partial charge in [0.25, 0.3) is 0 Å². The average Bonchev–Trinajstić information content (AvgIpc) is 1.87. The molecule has 0 heterocycles. The third-order valence-electron chi connectivity index (χ3n) is 1.77. The van der Waals surface area contributed by atoms with Gasteiger partial charge >= 0.3 is 0 Å². The van der Waals surface area contributed by atoms with Crippen molar-refractivity contribution in [3.63, 3.8) is 0 Å². The Bertz CT molecular complexity index is 106. The van der Waals surface area contributed by atoms with Crippen molar-refractivity contribution in [1.82, 2.24) is 5.32 Å². The second-order valence-electron chi connectivity index (χ2n) is 3.12. The summed E-state index contributed by atoms with van der Waals surface area (Å²) in [5.41, 5.74) is 0. The SMILES string of the molecule is CCCC(CNC)CC(C)=O. The molecule has 0 aliphatic carbocycles. The summed E-state index contributed by atoms with van der Waals surface area (Å²) in [7, 11) is 1.93. The van der Waals surface area contributed by atoms with Crippen molar-refractivity contribution in [2.75, 3.05) is 13.6 Å². The molecule has 2 nitrogen and oxygen atoms in total. The molecule has 1 unspecified atom stereocenters. The van der Waals surface area contributed by atoms with Crippen LogP contribution in [0.4, 0.5) is 0 Å². The monoisotopic (exact) mass is 157 g/mol. The Kier molecular flexibility index (Phi) is 6.13. The molecule has 1 atom stereocenters. The Balaban J connectivity index is 3.59. The Morgan fingerprint density at radius 1 is 1.55 bits per heavy atom. The van der Waals surface area contributed by atoms with Gasteiger partial charge in [-0.25, -0.2) is 0 Å². The first-order chi connectivity index (χ1) is 5.20. The largest absolute Gasteiger partial charge is 0.319 e. The number of hydrogen-bond acceptors (Lipinski definition) is 2. The number of nitrogens with one attached hydrogen (secondary N) is 1. The highest BCUT2D eigenvalue weighted by Crippen LogP contribution is 2.09. The third-order valence-corrected chi connectivity index (χ3v) is 1.77. The molecule has 0 fully saturated rings. The maximum atomic E-state index is 10.8. The van der Waals surface area contributed by atoms with E-state index in [9.17, 15) is 4.79 Å². The molecule has 1 N–H and O–H groups in total. The zero-order chi connectivity index (χ0) is 8.69. The lowest BCUT2D eigenvalue weighted by Gasteiger charge is -2.12. The molecule has 0 spiro atoms. The number of rotatable bonds is 6. The van der Waals surface area contributed by atoms with Crippen LogP contribution in [0.1, 0.15) is 33.1 Å². The van der Waals surface area contributed by atoms with E-state index >= 15 is 0 Å². The van der Waals surface area contributed by atoms with Crippen LogP contribution in [0, 0.1) is 5.92 Å². The van der Waals surface area contributed by atoms with Crippen LogP contribution in [0.15, 0.2) is 0 Å². The summed E-state index contributed by atoms with van der Waals surface area (Å²) >= 11 is 0. The quantitative estimate of drug-likeness (QED) is 0.634. The van der Waals surface area contributed by atoms with Crippen molar-refractivity contribution in [2.24, 2.45) is 5.92 Å². The van der Waals surface area contributed by atoms with Crippen molar-refractivity contribution >= 4 is 5.78 Å². The molecular formula is C9H19NO. The Morgan fingerprint density at radius 2 is 2.18 bits per heavy atom. The maximum Gasteiger partial charge on any atom is 0.130 e. The molecule has 0 saturated carbocycles. The predicted octanol–water partition coefficient (Wildman–Crippen LogP) is 1.60. The fraction of sp³-hybridized carbons (Fsp3) is 0.889. The van der Waals surface area contributed by atoms with Gasteiger partial charge in [0.05, 0.1) is 0 Å². The minimum atomic E-state index is 0.304. The summed E-state index contributed by atoms with van der Waals surface area (Å²) < 4.78 is 0. The first-order valence-corrected chi connectivity index (χ1v) is 4.34. The molecule has 0 radical (unpaired) electrons. The highest BCUT2D eigenvalue weighted by atomic mass is 16.1. The normalized spacial score (nSPS) is 13.0. The minimum absolute atomic E-state index is 0.304. The molecule has 0 saturated heterocycles. The van der Waals surface area contributed by atoms with Gasteiger partial charge in [-0.3, -0.25) is 0 Å². The summed E-state index contributed by atoms with van der Waals surface area (Å²) in [6.45, 7) is 4.79. The highest BCUT2D eigenvalue weighted by molar-refractivity contribution is 5.75. The van der Waals surface area contributed by atoms with Crippen molar-refractivity contribution in [2.45, 2.75) is 33.1 Å². The van der Waals surface area contributed by atoms with E-state index in [4.69, 9.17) is 0 Å². The summed E-state index contributed by atoms with van der Waals surface area (Å²) in [5.74, 6) is 0.848. The fourth-order valence-corrected chi connectivity index (χ4v) is 1.38. The first-order valence-electron chi connectivity index (χ1n) is 4.34. The molecule has 0 aromatic carbocycles. The predicted molar refractivity (Wildman–Crippen MR) is 47.6 cm³/mol. The van der Waals surface area contributed by atoms with E-state index in [-0.39, 0.29) is 0 Å². The molecule has 66 valence electrons. The average molecular weight is 157 g/mol. The van der Waals surface area contributed by atoms with Crippen LogP contribution in [-0.2, 0) is 4.79 Å². The van der Waals surface area contributed by atoms with Crippen LogP contribution in [0.2, 0.25) is 0 Å². The van der Waals surface area contributed by atoms with Gasteiger partial charge in [0.15, 0.2) is 0 Å². The van der Waals surface area contributed by atoms with Crippen LogP contribution in [-0.4, -0.2) is 19.4 Å².